The van der Waals surface area contributed by atoms with E-state index in [1.165, 1.54) is 33.8 Å². The quantitative estimate of drug-likeness (QED) is 0.133. The SMILES string of the molecule is [C-]#[N+]/C(C#N)=C1\C(=N\c2cc3c(s2)-c2cc4c(cc2C3(C)C)-c2sc(/N=C3\C(=O)c5ccccc5\C3=C(\C#N)[N+]#[C-])cc2C4(C)C)C(=O)c2ccccc21. The van der Waals surface area contributed by atoms with Gasteiger partial charge in [0.25, 0.3) is 11.4 Å². The number of nitrogens with zero attached hydrogens (tertiary/aromatic N) is 6. The number of Topliss-reactive ketones (excluding diaryl/α,β-unsaturated/α-hetero) is 2. The third kappa shape index (κ3) is 4.30. The van der Waals surface area contributed by atoms with Crippen LogP contribution < -0.4 is 0 Å². The van der Waals surface area contributed by atoms with Crippen LogP contribution in [0, 0.1) is 35.8 Å². The number of hydrogen-bond donors (Lipinski definition) is 0. The van der Waals surface area contributed by atoms with E-state index in [-0.39, 0.29) is 45.5 Å². The summed E-state index contributed by atoms with van der Waals surface area (Å²) >= 11 is 3.00. The Kier molecular flexibility index (Phi) is 6.94. The molecule has 10 heteroatoms. The minimum atomic E-state index is -0.396. The van der Waals surface area contributed by atoms with Crippen molar-refractivity contribution < 1.29 is 9.59 Å². The highest BCUT2D eigenvalue weighted by atomic mass is 32.1. The number of allylic oxidation sites excluding steroid dienone is 4. The van der Waals surface area contributed by atoms with E-state index >= 15 is 0 Å². The Morgan fingerprint density at radius 2 is 0.963 bits per heavy atom. The standard InChI is InChI=1S/C44H24N6O2S2/c1-43(2)27-15-26-28(16-25(27)41-29(43)17-33(53-41)49-37-35(31(19-45)47-5)21-11-7-9-13-23(21)39(37)51)44(3,4)30-18-34(54-42(26)30)50-38-36(32(20-46)48-6)22-12-8-10-14-24(22)40(38)52/h7-18H,1-4H3/b35-31-,36-32+,49-37-,50-38-. The molecule has 54 heavy (non-hydrogen) atoms. The van der Waals surface area contributed by atoms with Crippen molar-refractivity contribution in [3.63, 3.8) is 0 Å². The van der Waals surface area contributed by atoms with Crippen LogP contribution in [0.1, 0.15) is 81.8 Å². The number of aliphatic imine (C=N–C) groups is 2. The van der Waals surface area contributed by atoms with Gasteiger partial charge in [-0.25, -0.2) is 30.2 Å². The van der Waals surface area contributed by atoms with Crippen LogP contribution in [0.3, 0.4) is 0 Å². The highest BCUT2D eigenvalue weighted by Gasteiger charge is 2.44. The second kappa shape index (κ2) is 11.3. The first-order valence-electron chi connectivity index (χ1n) is 16.9. The number of ketones is 2. The molecule has 4 aliphatic carbocycles. The minimum absolute atomic E-state index is 0.115. The predicted octanol–water partition coefficient (Wildman–Crippen LogP) is 10.7. The number of nitriles is 2. The minimum Gasteiger partial charge on any atom is -0.287 e. The number of hydrogen-bond acceptors (Lipinski definition) is 8. The van der Waals surface area contributed by atoms with Gasteiger partial charge in [-0.2, -0.15) is 0 Å². The summed E-state index contributed by atoms with van der Waals surface area (Å²) in [6, 6.07) is 26.5. The third-order valence-corrected chi connectivity index (χ3v) is 13.0. The molecular weight excluding hydrogens is 709 g/mol. The van der Waals surface area contributed by atoms with Crippen molar-refractivity contribution in [1.82, 2.24) is 0 Å². The first kappa shape index (κ1) is 33.0. The lowest BCUT2D eigenvalue weighted by atomic mass is 9.79. The molecular formula is C44H24N6O2S2. The van der Waals surface area contributed by atoms with Gasteiger partial charge in [0.2, 0.25) is 11.6 Å². The lowest BCUT2D eigenvalue weighted by molar-refractivity contribution is 0.106. The van der Waals surface area contributed by atoms with Gasteiger partial charge in [0.15, 0.2) is 0 Å². The van der Waals surface area contributed by atoms with Crippen molar-refractivity contribution in [3.05, 3.63) is 152 Å². The van der Waals surface area contributed by atoms with Gasteiger partial charge in [0.05, 0.1) is 25.3 Å². The monoisotopic (exact) mass is 732 g/mol. The summed E-state index contributed by atoms with van der Waals surface area (Å²) in [6.45, 7) is 23.9. The van der Waals surface area contributed by atoms with E-state index in [0.29, 0.717) is 32.3 Å². The van der Waals surface area contributed by atoms with Crippen molar-refractivity contribution in [2.75, 3.05) is 0 Å². The maximum Gasteiger partial charge on any atom is 0.271 e. The summed E-state index contributed by atoms with van der Waals surface area (Å²) in [5, 5.41) is 20.8. The smallest absolute Gasteiger partial charge is 0.271 e. The molecule has 0 spiro atoms. The molecule has 0 bridgehead atoms. The number of carbonyl (C=O) groups excluding carboxylic acids is 2. The number of thiophene rings is 2. The van der Waals surface area contributed by atoms with Gasteiger partial charge in [0.1, 0.15) is 21.4 Å². The summed E-state index contributed by atoms with van der Waals surface area (Å²) in [5.74, 6) is -0.599. The molecule has 0 N–H and O–H groups in total. The van der Waals surface area contributed by atoms with E-state index < -0.39 is 10.8 Å². The molecule has 254 valence electrons. The Morgan fingerprint density at radius 1 is 0.593 bits per heavy atom. The first-order chi connectivity index (χ1) is 25.9. The molecule has 0 aliphatic heterocycles. The van der Waals surface area contributed by atoms with E-state index in [1.54, 1.807) is 48.5 Å². The molecule has 0 saturated heterocycles. The van der Waals surface area contributed by atoms with Gasteiger partial charge < -0.3 is 0 Å². The van der Waals surface area contributed by atoms with E-state index in [9.17, 15) is 20.1 Å². The lowest BCUT2D eigenvalue weighted by Gasteiger charge is -2.24. The molecule has 5 aromatic rings. The summed E-state index contributed by atoms with van der Waals surface area (Å²) in [6.07, 6.45) is 0. The first-order valence-corrected chi connectivity index (χ1v) is 18.6. The Hall–Kier alpha value is -6.82. The van der Waals surface area contributed by atoms with Crippen molar-refractivity contribution in [2.24, 2.45) is 9.98 Å². The van der Waals surface area contributed by atoms with Crippen LogP contribution >= 0.6 is 22.7 Å². The van der Waals surface area contributed by atoms with Crippen molar-refractivity contribution in [3.8, 4) is 33.0 Å². The van der Waals surface area contributed by atoms with Crippen LogP contribution in [0.5, 0.6) is 0 Å². The van der Waals surface area contributed by atoms with Crippen LogP contribution in [0.2, 0.25) is 0 Å². The van der Waals surface area contributed by atoms with Crippen molar-refractivity contribution in [1.29, 1.82) is 10.5 Å². The molecule has 0 amide bonds. The molecule has 2 aromatic heterocycles. The summed E-state index contributed by atoms with van der Waals surface area (Å²) in [5.41, 5.74) is 8.38. The number of rotatable bonds is 2. The van der Waals surface area contributed by atoms with E-state index in [4.69, 9.17) is 23.1 Å². The Balaban J connectivity index is 1.14. The van der Waals surface area contributed by atoms with Gasteiger partial charge in [0, 0.05) is 42.9 Å². The van der Waals surface area contributed by atoms with Crippen molar-refractivity contribution >= 4 is 66.8 Å². The fraction of sp³-hybridized carbons (Fsp3) is 0.136. The maximum absolute atomic E-state index is 13.6. The molecule has 9 rings (SSSR count). The predicted molar refractivity (Wildman–Crippen MR) is 211 cm³/mol. The number of fused-ring (bicyclic) bond motifs is 8. The average Bonchev–Trinajstić information content (AvgIpc) is 3.98. The van der Waals surface area contributed by atoms with E-state index in [2.05, 4.69) is 49.5 Å². The maximum atomic E-state index is 13.6. The fourth-order valence-electron chi connectivity index (χ4n) is 8.22. The Morgan fingerprint density at radius 3 is 1.31 bits per heavy atom. The highest BCUT2D eigenvalue weighted by Crippen LogP contribution is 2.60. The number of benzene rings is 3. The zero-order chi connectivity index (χ0) is 37.8. The van der Waals surface area contributed by atoms with Crippen LogP contribution in [-0.2, 0) is 10.8 Å². The molecule has 3 aromatic carbocycles. The summed E-state index contributed by atoms with van der Waals surface area (Å²) < 4.78 is 0. The van der Waals surface area contributed by atoms with Gasteiger partial charge in [-0.3, -0.25) is 9.59 Å². The van der Waals surface area contributed by atoms with Gasteiger partial charge in [-0.1, -0.05) is 76.2 Å². The molecule has 0 unspecified atom stereocenters. The molecule has 0 atom stereocenters. The molecule has 0 fully saturated rings. The molecule has 2 heterocycles. The van der Waals surface area contributed by atoms with Crippen LogP contribution in [0.25, 0.3) is 41.7 Å². The van der Waals surface area contributed by atoms with Gasteiger partial charge >= 0.3 is 0 Å². The Bertz CT molecular complexity index is 2740. The van der Waals surface area contributed by atoms with Crippen LogP contribution in [0.15, 0.2) is 94.2 Å². The largest absolute Gasteiger partial charge is 0.287 e. The van der Waals surface area contributed by atoms with Crippen LogP contribution in [0.4, 0.5) is 10.0 Å². The second-order valence-corrected chi connectivity index (χ2v) is 16.5. The zero-order valence-electron chi connectivity index (χ0n) is 29.2. The normalized spacial score (nSPS) is 19.6. The highest BCUT2D eigenvalue weighted by molar-refractivity contribution is 7.20. The van der Waals surface area contributed by atoms with Gasteiger partial charge in [-0.05, 0) is 68.8 Å². The Labute approximate surface area is 318 Å². The summed E-state index contributed by atoms with van der Waals surface area (Å²) in [4.78, 5) is 45.8. The average molecular weight is 733 g/mol. The van der Waals surface area contributed by atoms with E-state index in [1.807, 2.05) is 24.3 Å². The molecule has 4 aliphatic rings. The lowest BCUT2D eigenvalue weighted by Crippen LogP contribution is -2.16. The zero-order valence-corrected chi connectivity index (χ0v) is 30.9. The van der Waals surface area contributed by atoms with E-state index in [0.717, 1.165) is 32.0 Å². The summed E-state index contributed by atoms with van der Waals surface area (Å²) in [7, 11) is 0. The van der Waals surface area contributed by atoms with Gasteiger partial charge in [-0.15, -0.1) is 22.7 Å². The molecule has 8 nitrogen and oxygen atoms in total. The van der Waals surface area contributed by atoms with Crippen LogP contribution in [-0.4, -0.2) is 23.0 Å². The molecule has 0 saturated carbocycles. The number of carbonyl (C=O) groups is 2. The third-order valence-electron chi connectivity index (χ3n) is 10.9. The second-order valence-electron chi connectivity index (χ2n) is 14.4. The fourth-order valence-corrected chi connectivity index (χ4v) is 10.7. The topological polar surface area (TPSA) is 115 Å². The molecule has 0 radical (unpaired) electrons. The van der Waals surface area contributed by atoms with Crippen molar-refractivity contribution in [2.45, 2.75) is 38.5 Å².